The van der Waals surface area contributed by atoms with Crippen molar-refractivity contribution in [2.24, 2.45) is 0 Å². The second-order valence-corrected chi connectivity index (χ2v) is 5.15. The maximum atomic E-state index is 10.9. The first-order chi connectivity index (χ1) is 9.16. The minimum absolute atomic E-state index is 0.175. The minimum Gasteiger partial charge on any atom is -0.508 e. The van der Waals surface area contributed by atoms with Gasteiger partial charge in [-0.15, -0.1) is 11.8 Å². The Morgan fingerprint density at radius 2 is 1.79 bits per heavy atom. The molecule has 0 fully saturated rings. The molecule has 0 bridgehead atoms. The molecule has 0 heterocycles. The SMILES string of the molecule is O=[N+]([O-])c1ccccc1CCSc1ccc(O)cc1. The molecule has 2 aromatic rings. The summed E-state index contributed by atoms with van der Waals surface area (Å²) in [5, 5.41) is 20.0. The average molecular weight is 275 g/mol. The van der Waals surface area contributed by atoms with Crippen LogP contribution in [0, 0.1) is 10.1 Å². The number of thioether (sulfide) groups is 1. The van der Waals surface area contributed by atoms with E-state index in [9.17, 15) is 15.2 Å². The second-order valence-electron chi connectivity index (χ2n) is 3.98. The van der Waals surface area contributed by atoms with Gasteiger partial charge < -0.3 is 5.11 Å². The molecule has 0 radical (unpaired) electrons. The third kappa shape index (κ3) is 3.72. The van der Waals surface area contributed by atoms with Gasteiger partial charge in [-0.3, -0.25) is 10.1 Å². The molecule has 98 valence electrons. The van der Waals surface area contributed by atoms with E-state index in [4.69, 9.17) is 0 Å². The van der Waals surface area contributed by atoms with Crippen LogP contribution in [0.1, 0.15) is 5.56 Å². The smallest absolute Gasteiger partial charge is 0.272 e. The van der Waals surface area contributed by atoms with Gasteiger partial charge >= 0.3 is 0 Å². The number of benzene rings is 2. The van der Waals surface area contributed by atoms with E-state index in [0.29, 0.717) is 6.42 Å². The molecular formula is C14H13NO3S. The van der Waals surface area contributed by atoms with Crippen LogP contribution in [0.2, 0.25) is 0 Å². The zero-order chi connectivity index (χ0) is 13.7. The van der Waals surface area contributed by atoms with E-state index in [1.807, 2.05) is 18.2 Å². The fourth-order valence-electron chi connectivity index (χ4n) is 1.72. The number of hydrogen-bond acceptors (Lipinski definition) is 4. The average Bonchev–Trinajstić information content (AvgIpc) is 2.41. The van der Waals surface area contributed by atoms with Crippen LogP contribution in [0.4, 0.5) is 5.69 Å². The summed E-state index contributed by atoms with van der Waals surface area (Å²) in [6, 6.07) is 13.7. The number of phenols is 1. The molecule has 2 aromatic carbocycles. The van der Waals surface area contributed by atoms with Crippen molar-refractivity contribution in [1.82, 2.24) is 0 Å². The van der Waals surface area contributed by atoms with Gasteiger partial charge in [-0.05, 0) is 30.7 Å². The summed E-state index contributed by atoms with van der Waals surface area (Å²) in [6.07, 6.45) is 0.642. The summed E-state index contributed by atoms with van der Waals surface area (Å²) < 4.78 is 0. The largest absolute Gasteiger partial charge is 0.508 e. The normalized spacial score (nSPS) is 10.3. The molecule has 0 aromatic heterocycles. The fraction of sp³-hybridized carbons (Fsp3) is 0.143. The van der Waals surface area contributed by atoms with Gasteiger partial charge in [0, 0.05) is 22.3 Å². The zero-order valence-corrected chi connectivity index (χ0v) is 11.0. The summed E-state index contributed by atoms with van der Waals surface area (Å²) >= 11 is 1.61. The van der Waals surface area contributed by atoms with Crippen molar-refractivity contribution in [3.63, 3.8) is 0 Å². The van der Waals surface area contributed by atoms with Crippen LogP contribution in [0.5, 0.6) is 5.75 Å². The standard InChI is InChI=1S/C14H13NO3S/c16-12-5-7-13(8-6-12)19-10-9-11-3-1-2-4-14(11)15(17)18/h1-8,16H,9-10H2. The molecule has 1 N–H and O–H groups in total. The van der Waals surface area contributed by atoms with Crippen LogP contribution in [0.25, 0.3) is 0 Å². The number of phenolic OH excluding ortho intramolecular Hbond substituents is 1. The Kier molecular flexibility index (Phi) is 4.41. The van der Waals surface area contributed by atoms with Crippen LogP contribution < -0.4 is 0 Å². The Balaban J connectivity index is 1.96. The first-order valence-corrected chi connectivity index (χ1v) is 6.79. The van der Waals surface area contributed by atoms with Gasteiger partial charge in [-0.2, -0.15) is 0 Å². The lowest BCUT2D eigenvalue weighted by Gasteiger charge is -2.03. The number of hydrogen-bond donors (Lipinski definition) is 1. The highest BCUT2D eigenvalue weighted by atomic mass is 32.2. The zero-order valence-electron chi connectivity index (χ0n) is 10.2. The van der Waals surface area contributed by atoms with E-state index in [1.165, 1.54) is 6.07 Å². The molecule has 0 saturated carbocycles. The van der Waals surface area contributed by atoms with Gasteiger partial charge in [0.15, 0.2) is 0 Å². The summed E-state index contributed by atoms with van der Waals surface area (Å²) in [5.41, 5.74) is 0.924. The molecule has 4 nitrogen and oxygen atoms in total. The van der Waals surface area contributed by atoms with Gasteiger partial charge in [0.25, 0.3) is 5.69 Å². The first-order valence-electron chi connectivity index (χ1n) is 5.81. The van der Waals surface area contributed by atoms with Crippen molar-refractivity contribution in [1.29, 1.82) is 0 Å². The predicted octanol–water partition coefficient (Wildman–Crippen LogP) is 3.64. The van der Waals surface area contributed by atoms with Gasteiger partial charge in [0.1, 0.15) is 5.75 Å². The van der Waals surface area contributed by atoms with Gasteiger partial charge in [0.05, 0.1) is 4.92 Å². The molecule has 0 saturated heterocycles. The van der Waals surface area contributed by atoms with E-state index in [-0.39, 0.29) is 16.4 Å². The van der Waals surface area contributed by atoms with Gasteiger partial charge in [-0.1, -0.05) is 18.2 Å². The summed E-state index contributed by atoms with van der Waals surface area (Å²) in [5.74, 6) is 0.998. The van der Waals surface area contributed by atoms with E-state index < -0.39 is 0 Å². The number of nitro benzene ring substituents is 1. The number of nitro groups is 1. The van der Waals surface area contributed by atoms with Crippen molar-refractivity contribution in [3.05, 3.63) is 64.2 Å². The predicted molar refractivity (Wildman–Crippen MR) is 75.6 cm³/mol. The molecule has 0 unspecified atom stereocenters. The number of aryl methyl sites for hydroxylation is 1. The van der Waals surface area contributed by atoms with Crippen molar-refractivity contribution in [2.75, 3.05) is 5.75 Å². The Bertz CT molecular complexity index is 569. The Morgan fingerprint density at radius 1 is 1.11 bits per heavy atom. The quantitative estimate of drug-likeness (QED) is 0.514. The Labute approximate surface area is 115 Å². The van der Waals surface area contributed by atoms with Crippen molar-refractivity contribution in [3.8, 4) is 5.75 Å². The molecule has 0 aliphatic rings. The lowest BCUT2D eigenvalue weighted by atomic mass is 10.1. The van der Waals surface area contributed by atoms with Crippen LogP contribution >= 0.6 is 11.8 Å². The maximum absolute atomic E-state index is 10.9. The Hall–Kier alpha value is -2.01. The van der Waals surface area contributed by atoms with E-state index >= 15 is 0 Å². The van der Waals surface area contributed by atoms with E-state index in [2.05, 4.69) is 0 Å². The molecule has 2 rings (SSSR count). The lowest BCUT2D eigenvalue weighted by Crippen LogP contribution is -1.96. The van der Waals surface area contributed by atoms with Gasteiger partial charge in [-0.25, -0.2) is 0 Å². The van der Waals surface area contributed by atoms with Crippen molar-refractivity contribution < 1.29 is 10.0 Å². The molecule has 0 aliphatic carbocycles. The minimum atomic E-state index is -0.347. The van der Waals surface area contributed by atoms with Crippen LogP contribution in [-0.4, -0.2) is 15.8 Å². The number of nitrogens with zero attached hydrogens (tertiary/aromatic N) is 1. The monoisotopic (exact) mass is 275 g/mol. The summed E-state index contributed by atoms with van der Waals surface area (Å²) in [4.78, 5) is 11.6. The molecule has 5 heteroatoms. The summed E-state index contributed by atoms with van der Waals surface area (Å²) in [7, 11) is 0. The van der Waals surface area contributed by atoms with E-state index in [0.717, 1.165) is 16.2 Å². The highest BCUT2D eigenvalue weighted by Crippen LogP contribution is 2.24. The molecule has 0 spiro atoms. The highest BCUT2D eigenvalue weighted by Gasteiger charge is 2.11. The molecule has 19 heavy (non-hydrogen) atoms. The Morgan fingerprint density at radius 3 is 2.47 bits per heavy atom. The van der Waals surface area contributed by atoms with Crippen LogP contribution in [-0.2, 0) is 6.42 Å². The molecule has 0 atom stereocenters. The highest BCUT2D eigenvalue weighted by molar-refractivity contribution is 7.99. The number of rotatable bonds is 5. The number of para-hydroxylation sites is 1. The molecular weight excluding hydrogens is 262 g/mol. The maximum Gasteiger partial charge on any atom is 0.272 e. The van der Waals surface area contributed by atoms with Crippen molar-refractivity contribution >= 4 is 17.4 Å². The summed E-state index contributed by atoms with van der Waals surface area (Å²) in [6.45, 7) is 0. The number of aromatic hydroxyl groups is 1. The molecule has 0 amide bonds. The topological polar surface area (TPSA) is 63.4 Å². The van der Waals surface area contributed by atoms with Gasteiger partial charge in [0.2, 0.25) is 0 Å². The van der Waals surface area contributed by atoms with Crippen molar-refractivity contribution in [2.45, 2.75) is 11.3 Å². The van der Waals surface area contributed by atoms with E-state index in [1.54, 1.807) is 36.0 Å². The lowest BCUT2D eigenvalue weighted by molar-refractivity contribution is -0.385. The van der Waals surface area contributed by atoms with Crippen LogP contribution in [0.3, 0.4) is 0 Å². The third-order valence-electron chi connectivity index (χ3n) is 2.67. The second kappa shape index (κ2) is 6.24. The first kappa shape index (κ1) is 13.4. The molecule has 0 aliphatic heterocycles. The third-order valence-corrected chi connectivity index (χ3v) is 3.68. The van der Waals surface area contributed by atoms with Crippen LogP contribution in [0.15, 0.2) is 53.4 Å². The fourth-order valence-corrected chi connectivity index (χ4v) is 2.61.